The molecule has 0 amide bonds. The Kier molecular flexibility index (Phi) is 6.03. The molecule has 0 heterocycles. The first-order chi connectivity index (χ1) is 11.2. The lowest BCUT2D eigenvalue weighted by atomic mass is 10.2. The van der Waals surface area contributed by atoms with Crippen molar-refractivity contribution in [2.75, 3.05) is 0 Å². The van der Waals surface area contributed by atoms with Crippen LogP contribution in [0.1, 0.15) is 11.1 Å². The highest BCUT2D eigenvalue weighted by molar-refractivity contribution is 7.89. The Morgan fingerprint density at radius 3 is 2.33 bits per heavy atom. The molecule has 2 aromatic rings. The molecule has 0 aliphatic heterocycles. The van der Waals surface area contributed by atoms with Gasteiger partial charge in [-0.3, -0.25) is 0 Å². The van der Waals surface area contributed by atoms with Gasteiger partial charge in [-0.1, -0.05) is 35.3 Å². The summed E-state index contributed by atoms with van der Waals surface area (Å²) in [6.45, 7) is -1.28. The molecule has 0 radical (unpaired) electrons. The second kappa shape index (κ2) is 7.65. The van der Waals surface area contributed by atoms with Crippen LogP contribution in [0.25, 0.3) is 0 Å². The minimum absolute atomic E-state index is 0.00650. The van der Waals surface area contributed by atoms with Crippen molar-refractivity contribution in [2.45, 2.75) is 25.0 Å². The lowest BCUT2D eigenvalue weighted by molar-refractivity contribution is -0.0498. The molecule has 0 aromatic heterocycles. The van der Waals surface area contributed by atoms with Crippen molar-refractivity contribution >= 4 is 33.2 Å². The third-order valence-corrected chi connectivity index (χ3v) is 5.39. The van der Waals surface area contributed by atoms with Gasteiger partial charge in [0.05, 0.1) is 5.02 Å². The molecule has 0 aliphatic carbocycles. The molecule has 1 N–H and O–H groups in total. The van der Waals surface area contributed by atoms with Crippen molar-refractivity contribution in [3.8, 4) is 5.75 Å². The number of halogens is 4. The van der Waals surface area contributed by atoms with Crippen molar-refractivity contribution in [1.29, 1.82) is 0 Å². The van der Waals surface area contributed by atoms with E-state index in [1.807, 2.05) is 0 Å². The van der Waals surface area contributed by atoms with Crippen LogP contribution in [0.3, 0.4) is 0 Å². The van der Waals surface area contributed by atoms with Gasteiger partial charge in [0.2, 0.25) is 10.0 Å². The minimum Gasteiger partial charge on any atom is -0.435 e. The van der Waals surface area contributed by atoms with E-state index >= 15 is 0 Å². The molecular weight excluding hydrogens is 383 g/mol. The zero-order valence-electron chi connectivity index (χ0n) is 12.4. The molecule has 9 heteroatoms. The summed E-state index contributed by atoms with van der Waals surface area (Å²) in [4.78, 5) is -0.0799. The molecule has 0 bridgehead atoms. The molecular formula is C15H13Cl2F2NO3S. The first-order valence-corrected chi connectivity index (χ1v) is 8.92. The van der Waals surface area contributed by atoms with E-state index in [1.54, 1.807) is 6.92 Å². The van der Waals surface area contributed by atoms with Gasteiger partial charge in [0, 0.05) is 11.6 Å². The first kappa shape index (κ1) is 18.9. The average Bonchev–Trinajstić information content (AvgIpc) is 2.49. The summed E-state index contributed by atoms with van der Waals surface area (Å²) in [6, 6.07) is 8.37. The summed E-state index contributed by atoms with van der Waals surface area (Å²) in [5.74, 6) is -0.00650. The molecule has 2 aromatic carbocycles. The number of hydrogen-bond acceptors (Lipinski definition) is 3. The highest BCUT2D eigenvalue weighted by Crippen LogP contribution is 2.28. The molecule has 0 aliphatic rings. The van der Waals surface area contributed by atoms with E-state index in [2.05, 4.69) is 9.46 Å². The number of aryl methyl sites for hydroxylation is 1. The van der Waals surface area contributed by atoms with Crippen LogP contribution in [0, 0.1) is 6.92 Å². The topological polar surface area (TPSA) is 55.4 Å². The summed E-state index contributed by atoms with van der Waals surface area (Å²) in [6.07, 6.45) is 0. The monoisotopic (exact) mass is 395 g/mol. The van der Waals surface area contributed by atoms with E-state index in [1.165, 1.54) is 36.4 Å². The SMILES string of the molecule is Cc1cc(S(=O)(=O)NCc2ccc(OC(F)F)cc2)c(Cl)cc1Cl. The van der Waals surface area contributed by atoms with Gasteiger partial charge < -0.3 is 4.74 Å². The molecule has 0 spiro atoms. The fourth-order valence-electron chi connectivity index (χ4n) is 1.88. The molecule has 2 rings (SSSR count). The Hall–Kier alpha value is -1.41. The van der Waals surface area contributed by atoms with Gasteiger partial charge >= 0.3 is 6.61 Å². The second-order valence-corrected chi connectivity index (χ2v) is 7.43. The van der Waals surface area contributed by atoms with Crippen LogP contribution in [-0.4, -0.2) is 15.0 Å². The van der Waals surface area contributed by atoms with Crippen LogP contribution in [0.2, 0.25) is 10.0 Å². The van der Waals surface area contributed by atoms with Crippen LogP contribution < -0.4 is 9.46 Å². The Balaban J connectivity index is 2.12. The van der Waals surface area contributed by atoms with Crippen LogP contribution in [0.15, 0.2) is 41.3 Å². The predicted octanol–water partition coefficient (Wildman–Crippen LogP) is 4.38. The van der Waals surface area contributed by atoms with Gasteiger partial charge in [0.15, 0.2) is 0 Å². The molecule has 0 fully saturated rings. The van der Waals surface area contributed by atoms with E-state index in [4.69, 9.17) is 23.2 Å². The van der Waals surface area contributed by atoms with Crippen molar-refractivity contribution in [3.63, 3.8) is 0 Å². The standard InChI is InChI=1S/C15H13Cl2F2NO3S/c1-9-6-14(13(17)7-12(9)16)24(21,22)20-8-10-2-4-11(5-3-10)23-15(18)19/h2-7,15,20H,8H2,1H3. The molecule has 0 saturated carbocycles. The van der Waals surface area contributed by atoms with E-state index in [0.29, 0.717) is 16.1 Å². The molecule has 0 atom stereocenters. The lowest BCUT2D eigenvalue weighted by Gasteiger charge is -2.11. The van der Waals surface area contributed by atoms with Gasteiger partial charge in [-0.25, -0.2) is 13.1 Å². The van der Waals surface area contributed by atoms with Gasteiger partial charge in [0.1, 0.15) is 10.6 Å². The van der Waals surface area contributed by atoms with Gasteiger partial charge in [-0.15, -0.1) is 0 Å². The van der Waals surface area contributed by atoms with Gasteiger partial charge in [-0.05, 0) is 42.3 Å². The minimum atomic E-state index is -3.85. The summed E-state index contributed by atoms with van der Waals surface area (Å²) in [7, 11) is -3.85. The van der Waals surface area contributed by atoms with Crippen molar-refractivity contribution in [3.05, 3.63) is 57.6 Å². The van der Waals surface area contributed by atoms with E-state index in [-0.39, 0.29) is 22.2 Å². The molecule has 0 saturated heterocycles. The van der Waals surface area contributed by atoms with Crippen LogP contribution in [0.4, 0.5) is 8.78 Å². The highest BCUT2D eigenvalue weighted by atomic mass is 35.5. The van der Waals surface area contributed by atoms with Gasteiger partial charge in [0.25, 0.3) is 0 Å². The fourth-order valence-corrected chi connectivity index (χ4v) is 3.73. The molecule has 24 heavy (non-hydrogen) atoms. The maximum Gasteiger partial charge on any atom is 0.387 e. The Bertz CT molecular complexity index is 827. The largest absolute Gasteiger partial charge is 0.435 e. The number of hydrogen-bond donors (Lipinski definition) is 1. The molecule has 0 unspecified atom stereocenters. The zero-order chi connectivity index (χ0) is 17.9. The zero-order valence-corrected chi connectivity index (χ0v) is 14.7. The average molecular weight is 396 g/mol. The summed E-state index contributed by atoms with van der Waals surface area (Å²) in [5.41, 5.74) is 1.15. The fraction of sp³-hybridized carbons (Fsp3) is 0.200. The van der Waals surface area contributed by atoms with E-state index in [9.17, 15) is 17.2 Å². The summed E-state index contributed by atoms with van der Waals surface area (Å²) >= 11 is 11.8. The highest BCUT2D eigenvalue weighted by Gasteiger charge is 2.19. The van der Waals surface area contributed by atoms with Gasteiger partial charge in [-0.2, -0.15) is 8.78 Å². The Morgan fingerprint density at radius 1 is 1.12 bits per heavy atom. The lowest BCUT2D eigenvalue weighted by Crippen LogP contribution is -2.23. The third kappa shape index (κ3) is 4.80. The Labute approximate surface area is 148 Å². The number of nitrogens with one attached hydrogen (secondary N) is 1. The molecule has 4 nitrogen and oxygen atoms in total. The predicted molar refractivity (Wildman–Crippen MR) is 88.3 cm³/mol. The van der Waals surface area contributed by atoms with E-state index < -0.39 is 16.6 Å². The Morgan fingerprint density at radius 2 is 1.75 bits per heavy atom. The maximum atomic E-state index is 12.3. The number of ether oxygens (including phenoxy) is 1. The smallest absolute Gasteiger partial charge is 0.387 e. The van der Waals surface area contributed by atoms with Crippen LogP contribution in [0.5, 0.6) is 5.75 Å². The number of benzene rings is 2. The summed E-state index contributed by atoms with van der Waals surface area (Å²) in [5, 5.41) is 0.382. The summed E-state index contributed by atoms with van der Waals surface area (Å²) < 4.78 is 55.4. The first-order valence-electron chi connectivity index (χ1n) is 6.68. The number of rotatable bonds is 6. The number of sulfonamides is 1. The quantitative estimate of drug-likeness (QED) is 0.789. The van der Waals surface area contributed by atoms with Crippen molar-refractivity contribution in [2.24, 2.45) is 0 Å². The van der Waals surface area contributed by atoms with Crippen molar-refractivity contribution < 1.29 is 21.9 Å². The van der Waals surface area contributed by atoms with E-state index in [0.717, 1.165) is 0 Å². The normalized spacial score (nSPS) is 11.8. The molecule has 130 valence electrons. The van der Waals surface area contributed by atoms with Crippen LogP contribution >= 0.6 is 23.2 Å². The van der Waals surface area contributed by atoms with Crippen molar-refractivity contribution in [1.82, 2.24) is 4.72 Å². The number of alkyl halides is 2. The third-order valence-electron chi connectivity index (χ3n) is 3.12. The van der Waals surface area contributed by atoms with Crippen LogP contribution in [-0.2, 0) is 16.6 Å². The maximum absolute atomic E-state index is 12.3. The second-order valence-electron chi connectivity index (χ2n) is 4.88.